The van der Waals surface area contributed by atoms with Crippen LogP contribution in [0.15, 0.2) is 70.2 Å². The Morgan fingerprint density at radius 2 is 1.60 bits per heavy atom. The first kappa shape index (κ1) is 22.3. The van der Waals surface area contributed by atoms with Gasteiger partial charge in [-0.05, 0) is 60.7 Å². The van der Waals surface area contributed by atoms with E-state index in [1.165, 1.54) is 24.4 Å². The topological polar surface area (TPSA) is 67.8 Å². The summed E-state index contributed by atoms with van der Waals surface area (Å²) in [5.41, 5.74) is 3.51. The first-order valence-corrected chi connectivity index (χ1v) is 10.3. The number of carbonyl (C=O) groups is 2. The maximum Gasteiger partial charge on any atom is 0.343 e. The smallest absolute Gasteiger partial charge is 0.343 e. The summed E-state index contributed by atoms with van der Waals surface area (Å²) >= 11 is 21.0. The normalized spacial score (nSPS) is 10.8. The molecule has 3 aromatic carbocycles. The number of halogens is 4. The summed E-state index contributed by atoms with van der Waals surface area (Å²) in [6.45, 7) is 0. The van der Waals surface area contributed by atoms with Crippen LogP contribution in [0.2, 0.25) is 15.1 Å². The number of hydrazone groups is 1. The summed E-state index contributed by atoms with van der Waals surface area (Å²) in [4.78, 5) is 24.6. The molecule has 0 bridgehead atoms. The molecule has 3 aromatic rings. The van der Waals surface area contributed by atoms with Crippen molar-refractivity contribution in [2.45, 2.75) is 0 Å². The van der Waals surface area contributed by atoms with Crippen molar-refractivity contribution in [2.24, 2.45) is 5.10 Å². The first-order valence-electron chi connectivity index (χ1n) is 8.39. The number of nitrogens with one attached hydrogen (secondary N) is 1. The summed E-state index contributed by atoms with van der Waals surface area (Å²) < 4.78 is 6.20. The molecule has 0 aliphatic carbocycles. The molecule has 30 heavy (non-hydrogen) atoms. The summed E-state index contributed by atoms with van der Waals surface area (Å²) in [5, 5.41) is 5.05. The van der Waals surface area contributed by atoms with Crippen LogP contribution < -0.4 is 10.2 Å². The van der Waals surface area contributed by atoms with Gasteiger partial charge < -0.3 is 4.74 Å². The molecule has 0 aliphatic rings. The summed E-state index contributed by atoms with van der Waals surface area (Å²) in [6.07, 6.45) is 1.37. The second kappa shape index (κ2) is 10.1. The number of ether oxygens (including phenoxy) is 1. The number of benzene rings is 3. The molecular weight excluding hydrogens is 515 g/mol. The number of hydrogen-bond acceptors (Lipinski definition) is 4. The van der Waals surface area contributed by atoms with Crippen LogP contribution in [0.25, 0.3) is 0 Å². The molecule has 9 heteroatoms. The highest BCUT2D eigenvalue weighted by Crippen LogP contribution is 2.24. The van der Waals surface area contributed by atoms with Crippen LogP contribution in [0.3, 0.4) is 0 Å². The Hall–Kier alpha value is -2.38. The van der Waals surface area contributed by atoms with Crippen LogP contribution in [0.1, 0.15) is 26.3 Å². The third-order valence-corrected chi connectivity index (χ3v) is 5.29. The molecule has 0 saturated heterocycles. The molecule has 1 N–H and O–H groups in total. The van der Waals surface area contributed by atoms with Gasteiger partial charge in [0.15, 0.2) is 0 Å². The van der Waals surface area contributed by atoms with Crippen molar-refractivity contribution in [1.29, 1.82) is 0 Å². The SMILES string of the molecule is O=C(NN=Cc1cc(Br)ccc1OC(=O)c1ccc(Cl)cc1)c1ccc(Cl)c(Cl)c1. The Bertz CT molecular complexity index is 1130. The molecule has 0 atom stereocenters. The predicted molar refractivity (Wildman–Crippen MR) is 122 cm³/mol. The molecule has 1 amide bonds. The van der Waals surface area contributed by atoms with Crippen molar-refractivity contribution in [3.05, 3.63) is 96.9 Å². The fourth-order valence-electron chi connectivity index (χ4n) is 2.32. The monoisotopic (exact) mass is 524 g/mol. The molecule has 0 fully saturated rings. The highest BCUT2D eigenvalue weighted by Gasteiger charge is 2.12. The second-order valence-electron chi connectivity index (χ2n) is 5.91. The fraction of sp³-hybridized carbons (Fsp3) is 0. The van der Waals surface area contributed by atoms with Crippen molar-refractivity contribution in [3.63, 3.8) is 0 Å². The van der Waals surface area contributed by atoms with Gasteiger partial charge in [-0.2, -0.15) is 5.10 Å². The van der Waals surface area contributed by atoms with Crippen LogP contribution in [0.4, 0.5) is 0 Å². The van der Waals surface area contributed by atoms with Gasteiger partial charge in [-0.3, -0.25) is 4.79 Å². The van der Waals surface area contributed by atoms with Crippen LogP contribution >= 0.6 is 50.7 Å². The van der Waals surface area contributed by atoms with E-state index in [1.807, 2.05) is 0 Å². The third-order valence-electron chi connectivity index (χ3n) is 3.81. The largest absolute Gasteiger partial charge is 0.422 e. The lowest BCUT2D eigenvalue weighted by Gasteiger charge is -2.08. The lowest BCUT2D eigenvalue weighted by atomic mass is 10.2. The molecule has 0 unspecified atom stereocenters. The quantitative estimate of drug-likeness (QED) is 0.181. The van der Waals surface area contributed by atoms with E-state index in [4.69, 9.17) is 39.5 Å². The zero-order valence-electron chi connectivity index (χ0n) is 15.0. The number of esters is 1. The van der Waals surface area contributed by atoms with Crippen molar-refractivity contribution < 1.29 is 14.3 Å². The lowest BCUT2D eigenvalue weighted by molar-refractivity contribution is 0.0734. The molecule has 152 valence electrons. The predicted octanol–water partition coefficient (Wildman–Crippen LogP) is 6.39. The zero-order valence-corrected chi connectivity index (χ0v) is 18.9. The van der Waals surface area contributed by atoms with E-state index in [2.05, 4.69) is 26.5 Å². The summed E-state index contributed by atoms with van der Waals surface area (Å²) in [7, 11) is 0. The van der Waals surface area contributed by atoms with Crippen molar-refractivity contribution in [1.82, 2.24) is 5.43 Å². The van der Waals surface area contributed by atoms with E-state index in [-0.39, 0.29) is 10.8 Å². The van der Waals surface area contributed by atoms with E-state index >= 15 is 0 Å². The summed E-state index contributed by atoms with van der Waals surface area (Å²) in [6, 6.07) is 15.8. The minimum Gasteiger partial charge on any atom is -0.422 e. The minimum atomic E-state index is -0.552. The van der Waals surface area contributed by atoms with E-state index in [0.29, 0.717) is 26.7 Å². The van der Waals surface area contributed by atoms with Crippen molar-refractivity contribution >= 4 is 68.8 Å². The van der Waals surface area contributed by atoms with Gasteiger partial charge >= 0.3 is 5.97 Å². The van der Waals surface area contributed by atoms with Gasteiger partial charge in [0.1, 0.15) is 5.75 Å². The van der Waals surface area contributed by atoms with E-state index < -0.39 is 11.9 Å². The van der Waals surface area contributed by atoms with E-state index in [1.54, 1.807) is 42.5 Å². The highest BCUT2D eigenvalue weighted by atomic mass is 79.9. The first-order chi connectivity index (χ1) is 14.3. The molecular formula is C21H12BrCl3N2O3. The average molecular weight is 527 g/mol. The molecule has 0 aromatic heterocycles. The van der Waals surface area contributed by atoms with Gasteiger partial charge in [-0.1, -0.05) is 50.7 Å². The number of nitrogens with zero attached hydrogens (tertiary/aromatic N) is 1. The Balaban J connectivity index is 1.74. The fourth-order valence-corrected chi connectivity index (χ4v) is 3.12. The second-order valence-corrected chi connectivity index (χ2v) is 8.07. The number of amides is 1. The third kappa shape index (κ3) is 5.83. The van der Waals surface area contributed by atoms with Gasteiger partial charge in [0.25, 0.3) is 5.91 Å². The van der Waals surface area contributed by atoms with Gasteiger partial charge in [0.05, 0.1) is 21.8 Å². The standard InChI is InChI=1S/C21H12BrCl3N2O3/c22-15-4-8-19(30-21(29)12-1-5-16(23)6-2-12)14(9-15)11-26-27-20(28)13-3-7-17(24)18(25)10-13/h1-11H,(H,27,28). The van der Waals surface area contributed by atoms with Crippen molar-refractivity contribution in [2.75, 3.05) is 0 Å². The van der Waals surface area contributed by atoms with Crippen LogP contribution in [-0.2, 0) is 0 Å². The van der Waals surface area contributed by atoms with Crippen LogP contribution in [0, 0.1) is 0 Å². The Kier molecular flexibility index (Phi) is 7.50. The molecule has 0 aliphatic heterocycles. The van der Waals surface area contributed by atoms with Crippen LogP contribution in [0.5, 0.6) is 5.75 Å². The Morgan fingerprint density at radius 3 is 2.30 bits per heavy atom. The molecule has 0 radical (unpaired) electrons. The Morgan fingerprint density at radius 1 is 0.900 bits per heavy atom. The van der Waals surface area contributed by atoms with Gasteiger partial charge in [-0.15, -0.1) is 0 Å². The summed E-state index contributed by atoms with van der Waals surface area (Å²) in [5.74, 6) is -0.756. The molecule has 0 spiro atoms. The number of hydrogen-bond donors (Lipinski definition) is 1. The highest BCUT2D eigenvalue weighted by molar-refractivity contribution is 9.10. The lowest BCUT2D eigenvalue weighted by Crippen LogP contribution is -2.17. The van der Waals surface area contributed by atoms with Gasteiger partial charge in [0.2, 0.25) is 0 Å². The zero-order chi connectivity index (χ0) is 21.7. The van der Waals surface area contributed by atoms with E-state index in [0.717, 1.165) is 4.47 Å². The maximum atomic E-state index is 12.4. The molecule has 0 saturated carbocycles. The number of rotatable bonds is 5. The molecule has 3 rings (SSSR count). The average Bonchev–Trinajstić information content (AvgIpc) is 2.72. The van der Waals surface area contributed by atoms with E-state index in [9.17, 15) is 9.59 Å². The molecule has 5 nitrogen and oxygen atoms in total. The maximum absolute atomic E-state index is 12.4. The molecule has 0 heterocycles. The minimum absolute atomic E-state index is 0.261. The van der Waals surface area contributed by atoms with Crippen molar-refractivity contribution in [3.8, 4) is 5.75 Å². The van der Waals surface area contributed by atoms with Crippen LogP contribution in [-0.4, -0.2) is 18.1 Å². The van der Waals surface area contributed by atoms with Gasteiger partial charge in [0, 0.05) is 20.6 Å². The number of carbonyl (C=O) groups excluding carboxylic acids is 2. The Labute approximate surface area is 195 Å². The van der Waals surface area contributed by atoms with Gasteiger partial charge in [-0.25, -0.2) is 10.2 Å².